The minimum absolute atomic E-state index is 0.0180. The first-order chi connectivity index (χ1) is 10.1. The third-order valence-electron chi connectivity index (χ3n) is 3.92. The molecule has 1 N–H and O–H groups in total. The lowest BCUT2D eigenvalue weighted by Gasteiger charge is -2.19. The predicted octanol–water partition coefficient (Wildman–Crippen LogP) is 1.88. The molecule has 2 aromatic rings. The van der Waals surface area contributed by atoms with Crippen LogP contribution in [0.2, 0.25) is 0 Å². The summed E-state index contributed by atoms with van der Waals surface area (Å²) in [5, 5.41) is 2.95. The number of carbonyl (C=O) groups is 1. The van der Waals surface area contributed by atoms with Gasteiger partial charge in [0.15, 0.2) is 5.65 Å². The number of urea groups is 1. The molecule has 1 aliphatic heterocycles. The Morgan fingerprint density at radius 1 is 1.48 bits per heavy atom. The van der Waals surface area contributed by atoms with Crippen LogP contribution in [0.15, 0.2) is 18.3 Å². The lowest BCUT2D eigenvalue weighted by Crippen LogP contribution is -2.41. The molecule has 112 valence electrons. The summed E-state index contributed by atoms with van der Waals surface area (Å²) < 4.78 is 2.05. The fourth-order valence-electron chi connectivity index (χ4n) is 2.90. The third kappa shape index (κ3) is 2.57. The molecule has 3 rings (SSSR count). The standard InChI is InChI=1S/C15H21N5O/c1-10(2)17-15(21)20-8-6-11(9-20)13-18-12-5-4-7-16-14(12)19(13)3/h4-5,7,10-11H,6,8-9H2,1-3H3,(H,17,21)/t11-/m0/s1. The lowest BCUT2D eigenvalue weighted by molar-refractivity contribution is 0.205. The van der Waals surface area contributed by atoms with Crippen LogP contribution in [0, 0.1) is 0 Å². The summed E-state index contributed by atoms with van der Waals surface area (Å²) in [7, 11) is 1.99. The molecule has 0 radical (unpaired) electrons. The van der Waals surface area contributed by atoms with E-state index in [4.69, 9.17) is 4.98 Å². The summed E-state index contributed by atoms with van der Waals surface area (Å²) in [6, 6.07) is 4.06. The van der Waals surface area contributed by atoms with Crippen molar-refractivity contribution in [3.05, 3.63) is 24.2 Å². The van der Waals surface area contributed by atoms with Crippen molar-refractivity contribution in [1.82, 2.24) is 24.8 Å². The Kier molecular flexibility index (Phi) is 3.53. The molecule has 1 fully saturated rings. The van der Waals surface area contributed by atoms with Crippen molar-refractivity contribution < 1.29 is 4.79 Å². The molecule has 1 saturated heterocycles. The number of hydrogen-bond acceptors (Lipinski definition) is 3. The van der Waals surface area contributed by atoms with Crippen LogP contribution in [-0.4, -0.2) is 44.6 Å². The highest BCUT2D eigenvalue weighted by molar-refractivity contribution is 5.75. The first-order valence-corrected chi connectivity index (χ1v) is 7.39. The number of likely N-dealkylation sites (tertiary alicyclic amines) is 1. The van der Waals surface area contributed by atoms with E-state index >= 15 is 0 Å². The molecule has 0 aromatic carbocycles. The molecule has 0 spiro atoms. The molecule has 0 bridgehead atoms. The number of imidazole rings is 1. The van der Waals surface area contributed by atoms with E-state index in [1.54, 1.807) is 6.20 Å². The Balaban J connectivity index is 1.79. The van der Waals surface area contributed by atoms with Crippen molar-refractivity contribution in [2.24, 2.45) is 7.05 Å². The number of fused-ring (bicyclic) bond motifs is 1. The van der Waals surface area contributed by atoms with Gasteiger partial charge in [-0.2, -0.15) is 0 Å². The van der Waals surface area contributed by atoms with Crippen molar-refractivity contribution in [2.75, 3.05) is 13.1 Å². The van der Waals surface area contributed by atoms with E-state index < -0.39 is 0 Å². The number of rotatable bonds is 2. The van der Waals surface area contributed by atoms with Crippen LogP contribution in [0.1, 0.15) is 32.0 Å². The second kappa shape index (κ2) is 5.35. The smallest absolute Gasteiger partial charge is 0.317 e. The van der Waals surface area contributed by atoms with Gasteiger partial charge in [0.2, 0.25) is 0 Å². The van der Waals surface area contributed by atoms with Gasteiger partial charge in [-0.25, -0.2) is 14.8 Å². The molecule has 0 unspecified atom stereocenters. The Labute approximate surface area is 124 Å². The Bertz CT molecular complexity index is 663. The van der Waals surface area contributed by atoms with E-state index in [0.717, 1.165) is 36.5 Å². The van der Waals surface area contributed by atoms with Gasteiger partial charge >= 0.3 is 6.03 Å². The number of amides is 2. The maximum Gasteiger partial charge on any atom is 0.317 e. The van der Waals surface area contributed by atoms with E-state index in [1.807, 2.05) is 42.5 Å². The molecule has 21 heavy (non-hydrogen) atoms. The van der Waals surface area contributed by atoms with Gasteiger partial charge in [0.25, 0.3) is 0 Å². The highest BCUT2D eigenvalue weighted by Crippen LogP contribution is 2.28. The summed E-state index contributed by atoms with van der Waals surface area (Å²) in [5.74, 6) is 1.30. The summed E-state index contributed by atoms with van der Waals surface area (Å²) in [6.45, 7) is 5.45. The number of nitrogens with zero attached hydrogens (tertiary/aromatic N) is 4. The van der Waals surface area contributed by atoms with E-state index in [-0.39, 0.29) is 18.0 Å². The van der Waals surface area contributed by atoms with Crippen molar-refractivity contribution >= 4 is 17.2 Å². The maximum atomic E-state index is 12.1. The largest absolute Gasteiger partial charge is 0.336 e. The zero-order valence-corrected chi connectivity index (χ0v) is 12.7. The van der Waals surface area contributed by atoms with Gasteiger partial charge in [0.1, 0.15) is 11.3 Å². The zero-order chi connectivity index (χ0) is 15.0. The molecule has 1 atom stereocenters. The van der Waals surface area contributed by atoms with E-state index in [0.29, 0.717) is 0 Å². The van der Waals surface area contributed by atoms with Crippen LogP contribution < -0.4 is 5.32 Å². The molecule has 2 aromatic heterocycles. The Hall–Kier alpha value is -2.11. The van der Waals surface area contributed by atoms with Gasteiger partial charge in [-0.15, -0.1) is 0 Å². The number of aryl methyl sites for hydroxylation is 1. The molecule has 6 heteroatoms. The molecule has 3 heterocycles. The van der Waals surface area contributed by atoms with Gasteiger partial charge in [-0.05, 0) is 32.4 Å². The van der Waals surface area contributed by atoms with E-state index in [9.17, 15) is 4.79 Å². The van der Waals surface area contributed by atoms with Crippen LogP contribution in [-0.2, 0) is 7.05 Å². The number of pyridine rings is 1. The fraction of sp³-hybridized carbons (Fsp3) is 0.533. The molecule has 6 nitrogen and oxygen atoms in total. The second-order valence-corrected chi connectivity index (χ2v) is 5.91. The summed E-state index contributed by atoms with van der Waals surface area (Å²) in [4.78, 5) is 23.0. The second-order valence-electron chi connectivity index (χ2n) is 5.91. The van der Waals surface area contributed by atoms with E-state index in [1.165, 1.54) is 0 Å². The van der Waals surface area contributed by atoms with Gasteiger partial charge in [0, 0.05) is 38.3 Å². The summed E-state index contributed by atoms with van der Waals surface area (Å²) in [5.41, 5.74) is 1.82. The van der Waals surface area contributed by atoms with Crippen molar-refractivity contribution in [2.45, 2.75) is 32.2 Å². The average molecular weight is 287 g/mol. The van der Waals surface area contributed by atoms with Gasteiger partial charge in [-0.1, -0.05) is 0 Å². The lowest BCUT2D eigenvalue weighted by atomic mass is 10.1. The van der Waals surface area contributed by atoms with Gasteiger partial charge in [0.05, 0.1) is 0 Å². The van der Waals surface area contributed by atoms with Crippen LogP contribution >= 0.6 is 0 Å². The Morgan fingerprint density at radius 2 is 2.29 bits per heavy atom. The molecule has 1 aliphatic rings. The van der Waals surface area contributed by atoms with E-state index in [2.05, 4.69) is 10.3 Å². The van der Waals surface area contributed by atoms with Crippen LogP contribution in [0.3, 0.4) is 0 Å². The minimum atomic E-state index is 0.0180. The zero-order valence-electron chi connectivity index (χ0n) is 12.7. The average Bonchev–Trinajstić information content (AvgIpc) is 3.04. The monoisotopic (exact) mass is 287 g/mol. The van der Waals surface area contributed by atoms with Crippen LogP contribution in [0.5, 0.6) is 0 Å². The van der Waals surface area contributed by atoms with Gasteiger partial charge < -0.3 is 14.8 Å². The predicted molar refractivity (Wildman–Crippen MR) is 81.1 cm³/mol. The highest BCUT2D eigenvalue weighted by atomic mass is 16.2. The normalized spacial score (nSPS) is 18.7. The summed E-state index contributed by atoms with van der Waals surface area (Å²) in [6.07, 6.45) is 2.73. The molecular formula is C15H21N5O. The third-order valence-corrected chi connectivity index (χ3v) is 3.92. The molecule has 0 saturated carbocycles. The molecule has 0 aliphatic carbocycles. The molecule has 2 amide bonds. The minimum Gasteiger partial charge on any atom is -0.336 e. The number of aromatic nitrogens is 3. The number of hydrogen-bond donors (Lipinski definition) is 1. The summed E-state index contributed by atoms with van der Waals surface area (Å²) >= 11 is 0. The number of nitrogens with one attached hydrogen (secondary N) is 1. The Morgan fingerprint density at radius 3 is 3.00 bits per heavy atom. The fourth-order valence-corrected chi connectivity index (χ4v) is 2.90. The van der Waals surface area contributed by atoms with Crippen LogP contribution in [0.25, 0.3) is 11.2 Å². The SMILES string of the molecule is CC(C)NC(=O)N1CC[C@H](c2nc3cccnc3n2C)C1. The van der Waals surface area contributed by atoms with Crippen molar-refractivity contribution in [3.63, 3.8) is 0 Å². The number of carbonyl (C=O) groups excluding carboxylic acids is 1. The highest BCUT2D eigenvalue weighted by Gasteiger charge is 2.30. The molecular weight excluding hydrogens is 266 g/mol. The van der Waals surface area contributed by atoms with Crippen LogP contribution in [0.4, 0.5) is 4.79 Å². The maximum absolute atomic E-state index is 12.1. The quantitative estimate of drug-likeness (QED) is 0.917. The first kappa shape index (κ1) is 13.9. The van der Waals surface area contributed by atoms with Gasteiger partial charge in [-0.3, -0.25) is 0 Å². The first-order valence-electron chi connectivity index (χ1n) is 7.39. The topological polar surface area (TPSA) is 63.1 Å². The van der Waals surface area contributed by atoms with Crippen molar-refractivity contribution in [1.29, 1.82) is 0 Å². The van der Waals surface area contributed by atoms with Crippen molar-refractivity contribution in [3.8, 4) is 0 Å².